The number of piperidine rings is 1. The Morgan fingerprint density at radius 2 is 2.53 bits per heavy atom. The molecule has 1 fully saturated rings. The fourth-order valence-corrected chi connectivity index (χ4v) is 3.18. The first-order chi connectivity index (χ1) is 8.33. The number of aromatic nitrogens is 1. The minimum Gasteiger partial charge on any atom is -0.384 e. The van der Waals surface area contributed by atoms with E-state index in [0.717, 1.165) is 37.1 Å². The maximum atomic E-state index is 5.26. The molecule has 1 saturated heterocycles. The van der Waals surface area contributed by atoms with Crippen LogP contribution in [0.1, 0.15) is 18.5 Å². The second-order valence-corrected chi connectivity index (χ2v) is 5.40. The van der Waals surface area contributed by atoms with Crippen LogP contribution < -0.4 is 10.2 Å². The molecule has 0 aromatic carbocycles. The summed E-state index contributed by atoms with van der Waals surface area (Å²) >= 11 is 1.75. The van der Waals surface area contributed by atoms with Crippen molar-refractivity contribution in [2.45, 2.75) is 19.4 Å². The van der Waals surface area contributed by atoms with Crippen LogP contribution in [-0.2, 0) is 11.3 Å². The molecule has 0 amide bonds. The van der Waals surface area contributed by atoms with Gasteiger partial charge in [-0.15, -0.1) is 11.3 Å². The van der Waals surface area contributed by atoms with Crippen molar-refractivity contribution < 1.29 is 4.74 Å². The second kappa shape index (κ2) is 6.33. The van der Waals surface area contributed by atoms with Crippen LogP contribution in [-0.4, -0.2) is 38.8 Å². The van der Waals surface area contributed by atoms with Crippen molar-refractivity contribution >= 4 is 16.5 Å². The Labute approximate surface area is 107 Å². The van der Waals surface area contributed by atoms with Gasteiger partial charge in [0.2, 0.25) is 0 Å². The fourth-order valence-electron chi connectivity index (χ4n) is 2.31. The van der Waals surface area contributed by atoms with Crippen LogP contribution in [0.25, 0.3) is 0 Å². The summed E-state index contributed by atoms with van der Waals surface area (Å²) < 4.78 is 5.26. The van der Waals surface area contributed by atoms with E-state index >= 15 is 0 Å². The normalized spacial score (nSPS) is 20.8. The molecule has 96 valence electrons. The maximum absolute atomic E-state index is 5.26. The van der Waals surface area contributed by atoms with Crippen molar-refractivity contribution in [3.8, 4) is 0 Å². The molecule has 2 heterocycles. The Kier molecular flexibility index (Phi) is 4.76. The first kappa shape index (κ1) is 12.8. The zero-order valence-electron chi connectivity index (χ0n) is 10.6. The summed E-state index contributed by atoms with van der Waals surface area (Å²) in [5.74, 6) is 0.658. The minimum atomic E-state index is 0.658. The van der Waals surface area contributed by atoms with Gasteiger partial charge in [-0.25, -0.2) is 4.98 Å². The molecule has 0 saturated carbocycles. The zero-order valence-corrected chi connectivity index (χ0v) is 11.4. The predicted molar refractivity (Wildman–Crippen MR) is 71.7 cm³/mol. The number of ether oxygens (including phenoxy) is 1. The molecule has 1 unspecified atom stereocenters. The molecule has 17 heavy (non-hydrogen) atoms. The lowest BCUT2D eigenvalue weighted by Gasteiger charge is -2.32. The topological polar surface area (TPSA) is 37.4 Å². The van der Waals surface area contributed by atoms with E-state index in [9.17, 15) is 0 Å². The van der Waals surface area contributed by atoms with Gasteiger partial charge in [-0.2, -0.15) is 0 Å². The number of nitrogens with one attached hydrogen (secondary N) is 1. The standard InChI is InChI=1S/C12H21N3OS/c1-13-6-11-9-17-12(14-11)15-5-3-4-10(7-15)8-16-2/h9-10,13H,3-8H2,1-2H3. The summed E-state index contributed by atoms with van der Waals surface area (Å²) in [4.78, 5) is 7.06. The number of methoxy groups -OCH3 is 1. The molecule has 1 aromatic heterocycles. The van der Waals surface area contributed by atoms with Gasteiger partial charge in [0.1, 0.15) is 0 Å². The third kappa shape index (κ3) is 3.40. The minimum absolute atomic E-state index is 0.658. The van der Waals surface area contributed by atoms with Gasteiger partial charge in [0, 0.05) is 32.1 Å². The van der Waals surface area contributed by atoms with Gasteiger partial charge in [-0.1, -0.05) is 0 Å². The quantitative estimate of drug-likeness (QED) is 0.869. The SMILES string of the molecule is CNCc1csc(N2CCCC(COC)C2)n1. The van der Waals surface area contributed by atoms with E-state index in [1.54, 1.807) is 18.4 Å². The Balaban J connectivity index is 1.95. The molecule has 0 bridgehead atoms. The summed E-state index contributed by atoms with van der Waals surface area (Å²) in [6.07, 6.45) is 2.52. The largest absolute Gasteiger partial charge is 0.384 e. The molecule has 1 atom stereocenters. The van der Waals surface area contributed by atoms with E-state index in [-0.39, 0.29) is 0 Å². The predicted octanol–water partition coefficient (Wildman–Crippen LogP) is 1.73. The number of anilines is 1. The number of nitrogens with zero attached hydrogens (tertiary/aromatic N) is 2. The molecule has 2 rings (SSSR count). The highest BCUT2D eigenvalue weighted by Crippen LogP contribution is 2.26. The van der Waals surface area contributed by atoms with Crippen molar-refractivity contribution in [3.05, 3.63) is 11.1 Å². The van der Waals surface area contributed by atoms with E-state index in [1.165, 1.54) is 12.8 Å². The Hall–Kier alpha value is -0.650. The summed E-state index contributed by atoms with van der Waals surface area (Å²) in [5.41, 5.74) is 1.14. The lowest BCUT2D eigenvalue weighted by molar-refractivity contribution is 0.143. The maximum Gasteiger partial charge on any atom is 0.185 e. The second-order valence-electron chi connectivity index (χ2n) is 4.56. The van der Waals surface area contributed by atoms with E-state index in [0.29, 0.717) is 5.92 Å². The van der Waals surface area contributed by atoms with E-state index in [2.05, 4.69) is 20.6 Å². The first-order valence-electron chi connectivity index (χ1n) is 6.16. The van der Waals surface area contributed by atoms with Crippen molar-refractivity contribution in [1.82, 2.24) is 10.3 Å². The van der Waals surface area contributed by atoms with E-state index < -0.39 is 0 Å². The molecule has 1 aromatic rings. The highest BCUT2D eigenvalue weighted by molar-refractivity contribution is 7.13. The highest BCUT2D eigenvalue weighted by atomic mass is 32.1. The van der Waals surface area contributed by atoms with Crippen LogP contribution in [0.15, 0.2) is 5.38 Å². The van der Waals surface area contributed by atoms with Crippen LogP contribution in [0.2, 0.25) is 0 Å². The van der Waals surface area contributed by atoms with Crippen molar-refractivity contribution in [2.24, 2.45) is 5.92 Å². The summed E-state index contributed by atoms with van der Waals surface area (Å²) in [6.45, 7) is 3.93. The fraction of sp³-hybridized carbons (Fsp3) is 0.750. The van der Waals surface area contributed by atoms with Crippen LogP contribution >= 0.6 is 11.3 Å². The van der Waals surface area contributed by atoms with Crippen LogP contribution in [0.5, 0.6) is 0 Å². The van der Waals surface area contributed by atoms with Gasteiger partial charge >= 0.3 is 0 Å². The average molecular weight is 255 g/mol. The number of thiazole rings is 1. The van der Waals surface area contributed by atoms with E-state index in [1.807, 2.05) is 7.05 Å². The van der Waals surface area contributed by atoms with Gasteiger partial charge in [0.05, 0.1) is 12.3 Å². The molecule has 1 aliphatic rings. The zero-order chi connectivity index (χ0) is 12.1. The summed E-state index contributed by atoms with van der Waals surface area (Å²) in [5, 5.41) is 6.44. The van der Waals surface area contributed by atoms with Crippen LogP contribution in [0, 0.1) is 5.92 Å². The molecular formula is C12H21N3OS. The lowest BCUT2D eigenvalue weighted by Crippen LogP contribution is -2.37. The van der Waals surface area contributed by atoms with Crippen molar-refractivity contribution in [1.29, 1.82) is 0 Å². The summed E-state index contributed by atoms with van der Waals surface area (Å²) in [6, 6.07) is 0. The lowest BCUT2D eigenvalue weighted by atomic mass is 9.99. The van der Waals surface area contributed by atoms with Gasteiger partial charge in [-0.05, 0) is 25.8 Å². The Bertz CT molecular complexity index is 340. The third-order valence-corrected chi connectivity index (χ3v) is 4.04. The van der Waals surface area contributed by atoms with Gasteiger partial charge in [0.25, 0.3) is 0 Å². The number of hydrogen-bond acceptors (Lipinski definition) is 5. The monoisotopic (exact) mass is 255 g/mol. The highest BCUT2D eigenvalue weighted by Gasteiger charge is 2.21. The van der Waals surface area contributed by atoms with Crippen molar-refractivity contribution in [2.75, 3.05) is 38.8 Å². The molecule has 1 N–H and O–H groups in total. The van der Waals surface area contributed by atoms with Gasteiger partial charge in [-0.3, -0.25) is 0 Å². The molecular weight excluding hydrogens is 234 g/mol. The number of rotatable bonds is 5. The number of hydrogen-bond donors (Lipinski definition) is 1. The first-order valence-corrected chi connectivity index (χ1v) is 7.04. The summed E-state index contributed by atoms with van der Waals surface area (Å²) in [7, 11) is 3.74. The molecule has 1 aliphatic heterocycles. The average Bonchev–Trinajstić information content (AvgIpc) is 2.79. The third-order valence-electron chi connectivity index (χ3n) is 3.09. The van der Waals surface area contributed by atoms with Crippen molar-refractivity contribution in [3.63, 3.8) is 0 Å². The molecule has 5 heteroatoms. The van der Waals surface area contributed by atoms with Crippen LogP contribution in [0.3, 0.4) is 0 Å². The van der Waals surface area contributed by atoms with E-state index in [4.69, 9.17) is 4.74 Å². The Morgan fingerprint density at radius 3 is 3.29 bits per heavy atom. The van der Waals surface area contributed by atoms with Gasteiger partial charge < -0.3 is 15.0 Å². The molecule has 0 aliphatic carbocycles. The molecule has 0 spiro atoms. The van der Waals surface area contributed by atoms with Gasteiger partial charge in [0.15, 0.2) is 5.13 Å². The molecule has 4 nitrogen and oxygen atoms in total. The van der Waals surface area contributed by atoms with Crippen LogP contribution in [0.4, 0.5) is 5.13 Å². The Morgan fingerprint density at radius 1 is 1.65 bits per heavy atom. The smallest absolute Gasteiger partial charge is 0.185 e. The molecule has 0 radical (unpaired) electrons.